The van der Waals surface area contributed by atoms with Crippen molar-refractivity contribution in [3.8, 4) is 5.88 Å². The minimum Gasteiger partial charge on any atom is -0.481 e. The Morgan fingerprint density at radius 2 is 2.31 bits per heavy atom. The van der Waals surface area contributed by atoms with E-state index in [4.69, 9.17) is 10.5 Å². The molecule has 2 rings (SSSR count). The van der Waals surface area contributed by atoms with Gasteiger partial charge in [-0.2, -0.15) is 4.98 Å². The monoisotopic (exact) mass is 222 g/mol. The lowest BCUT2D eigenvalue weighted by atomic mass is 10.2. The summed E-state index contributed by atoms with van der Waals surface area (Å²) >= 11 is 0. The maximum absolute atomic E-state index is 5.72. The molecule has 1 aromatic heterocycles. The maximum atomic E-state index is 5.72. The Hall–Kier alpha value is -1.36. The van der Waals surface area contributed by atoms with Crippen molar-refractivity contribution in [3.63, 3.8) is 0 Å². The van der Waals surface area contributed by atoms with E-state index in [2.05, 4.69) is 15.3 Å². The summed E-state index contributed by atoms with van der Waals surface area (Å²) in [6.45, 7) is 2.54. The Morgan fingerprint density at radius 3 is 2.88 bits per heavy atom. The Balaban J connectivity index is 2.09. The van der Waals surface area contributed by atoms with E-state index >= 15 is 0 Å². The maximum Gasteiger partial charge on any atom is 0.226 e. The van der Waals surface area contributed by atoms with Crippen LogP contribution in [0, 0.1) is 12.8 Å². The topological polar surface area (TPSA) is 73.1 Å². The number of methoxy groups -OCH3 is 1. The second-order valence-corrected chi connectivity index (χ2v) is 4.20. The Morgan fingerprint density at radius 1 is 1.56 bits per heavy atom. The zero-order valence-corrected chi connectivity index (χ0v) is 9.73. The van der Waals surface area contributed by atoms with Gasteiger partial charge in [0.1, 0.15) is 0 Å². The Bertz CT molecular complexity index is 365. The highest BCUT2D eigenvalue weighted by atomic mass is 16.5. The van der Waals surface area contributed by atoms with Gasteiger partial charge in [-0.25, -0.2) is 4.98 Å². The highest BCUT2D eigenvalue weighted by Gasteiger charge is 2.30. The van der Waals surface area contributed by atoms with Crippen LogP contribution in [0.15, 0.2) is 6.07 Å². The molecule has 16 heavy (non-hydrogen) atoms. The molecule has 1 aliphatic rings. The fourth-order valence-corrected chi connectivity index (χ4v) is 1.74. The van der Waals surface area contributed by atoms with Crippen LogP contribution in [0.4, 0.5) is 5.95 Å². The number of aromatic nitrogens is 2. The molecule has 0 radical (unpaired) electrons. The van der Waals surface area contributed by atoms with E-state index in [-0.39, 0.29) is 6.04 Å². The summed E-state index contributed by atoms with van der Waals surface area (Å²) in [4.78, 5) is 8.57. The molecule has 5 nitrogen and oxygen atoms in total. The molecule has 1 unspecified atom stereocenters. The molecule has 1 heterocycles. The second kappa shape index (κ2) is 4.65. The Kier molecular flexibility index (Phi) is 3.24. The first-order valence-electron chi connectivity index (χ1n) is 5.59. The van der Waals surface area contributed by atoms with Crippen molar-refractivity contribution in [2.24, 2.45) is 11.7 Å². The van der Waals surface area contributed by atoms with Crippen molar-refractivity contribution < 1.29 is 4.74 Å². The summed E-state index contributed by atoms with van der Waals surface area (Å²) in [5.74, 6) is 1.88. The minimum absolute atomic E-state index is 0.284. The van der Waals surface area contributed by atoms with Gasteiger partial charge in [0.25, 0.3) is 0 Å². The van der Waals surface area contributed by atoms with Gasteiger partial charge in [-0.3, -0.25) is 0 Å². The number of ether oxygens (including phenoxy) is 1. The van der Waals surface area contributed by atoms with E-state index in [0.717, 1.165) is 5.69 Å². The number of nitrogens with two attached hydrogens (primary N) is 1. The van der Waals surface area contributed by atoms with Gasteiger partial charge in [0.15, 0.2) is 0 Å². The van der Waals surface area contributed by atoms with Gasteiger partial charge < -0.3 is 15.8 Å². The van der Waals surface area contributed by atoms with Gasteiger partial charge >= 0.3 is 0 Å². The number of anilines is 1. The molecule has 1 aromatic rings. The SMILES string of the molecule is COc1cc(C)nc(NC(CN)C2CC2)n1. The lowest BCUT2D eigenvalue weighted by Gasteiger charge is -2.16. The molecule has 1 aliphatic carbocycles. The van der Waals surface area contributed by atoms with Crippen molar-refractivity contribution in [2.75, 3.05) is 19.0 Å². The van der Waals surface area contributed by atoms with Crippen molar-refractivity contribution in [2.45, 2.75) is 25.8 Å². The lowest BCUT2D eigenvalue weighted by molar-refractivity contribution is 0.396. The van der Waals surface area contributed by atoms with Gasteiger partial charge in [-0.05, 0) is 25.7 Å². The molecule has 1 atom stereocenters. The van der Waals surface area contributed by atoms with Crippen molar-refractivity contribution in [3.05, 3.63) is 11.8 Å². The third-order valence-electron chi connectivity index (χ3n) is 2.80. The first-order valence-corrected chi connectivity index (χ1v) is 5.59. The molecule has 0 spiro atoms. The summed E-state index contributed by atoms with van der Waals surface area (Å²) in [5.41, 5.74) is 6.61. The van der Waals surface area contributed by atoms with E-state index < -0.39 is 0 Å². The molecular formula is C11H18N4O. The minimum atomic E-state index is 0.284. The molecule has 0 saturated heterocycles. The van der Waals surface area contributed by atoms with Crippen LogP contribution in [0.25, 0.3) is 0 Å². The lowest BCUT2D eigenvalue weighted by Crippen LogP contribution is -2.31. The van der Waals surface area contributed by atoms with Crippen molar-refractivity contribution in [1.82, 2.24) is 9.97 Å². The van der Waals surface area contributed by atoms with E-state index in [1.54, 1.807) is 13.2 Å². The third-order valence-corrected chi connectivity index (χ3v) is 2.80. The average molecular weight is 222 g/mol. The van der Waals surface area contributed by atoms with Crippen LogP contribution in [0.5, 0.6) is 5.88 Å². The summed E-state index contributed by atoms with van der Waals surface area (Å²) < 4.78 is 5.10. The first-order chi connectivity index (χ1) is 7.72. The molecule has 88 valence electrons. The van der Waals surface area contributed by atoms with Crippen LogP contribution < -0.4 is 15.8 Å². The third kappa shape index (κ3) is 2.61. The van der Waals surface area contributed by atoms with Gasteiger partial charge in [0.2, 0.25) is 11.8 Å². The van der Waals surface area contributed by atoms with Crippen LogP contribution in [-0.2, 0) is 0 Å². The van der Waals surface area contributed by atoms with Gasteiger partial charge in [-0.1, -0.05) is 0 Å². The van der Waals surface area contributed by atoms with Crippen LogP contribution >= 0.6 is 0 Å². The fourth-order valence-electron chi connectivity index (χ4n) is 1.74. The Labute approximate surface area is 95.4 Å². The fraction of sp³-hybridized carbons (Fsp3) is 0.636. The quantitative estimate of drug-likeness (QED) is 0.775. The van der Waals surface area contributed by atoms with Crippen LogP contribution in [0.2, 0.25) is 0 Å². The van der Waals surface area contributed by atoms with Crippen LogP contribution in [-0.4, -0.2) is 29.7 Å². The summed E-state index contributed by atoms with van der Waals surface area (Å²) in [7, 11) is 1.60. The standard InChI is InChI=1S/C11H18N4O/c1-7-5-10(16-2)15-11(13-7)14-9(6-12)8-3-4-8/h5,8-9H,3-4,6,12H2,1-2H3,(H,13,14,15). The number of rotatable bonds is 5. The molecule has 1 fully saturated rings. The summed E-state index contributed by atoms with van der Waals surface area (Å²) in [6.07, 6.45) is 2.50. The van der Waals surface area contributed by atoms with E-state index in [1.807, 2.05) is 6.92 Å². The molecule has 0 aromatic carbocycles. The molecule has 5 heteroatoms. The van der Waals surface area contributed by atoms with E-state index in [1.165, 1.54) is 12.8 Å². The largest absolute Gasteiger partial charge is 0.481 e. The van der Waals surface area contributed by atoms with Gasteiger partial charge in [-0.15, -0.1) is 0 Å². The molecular weight excluding hydrogens is 204 g/mol. The molecule has 1 saturated carbocycles. The van der Waals surface area contributed by atoms with Gasteiger partial charge in [0, 0.05) is 24.3 Å². The predicted molar refractivity (Wildman–Crippen MR) is 62.5 cm³/mol. The second-order valence-electron chi connectivity index (χ2n) is 4.20. The predicted octanol–water partition coefficient (Wildman–Crippen LogP) is 0.943. The first kappa shape index (κ1) is 11.1. The van der Waals surface area contributed by atoms with Crippen molar-refractivity contribution >= 4 is 5.95 Å². The number of nitrogens with zero attached hydrogens (tertiary/aromatic N) is 2. The smallest absolute Gasteiger partial charge is 0.226 e. The molecule has 3 N–H and O–H groups in total. The van der Waals surface area contributed by atoms with E-state index in [9.17, 15) is 0 Å². The normalized spacial score (nSPS) is 16.9. The summed E-state index contributed by atoms with van der Waals surface area (Å²) in [6, 6.07) is 2.09. The number of hydrogen-bond donors (Lipinski definition) is 2. The molecule has 0 aliphatic heterocycles. The van der Waals surface area contributed by atoms with Crippen LogP contribution in [0.1, 0.15) is 18.5 Å². The highest BCUT2D eigenvalue weighted by molar-refractivity contribution is 5.32. The molecule has 0 bridgehead atoms. The van der Waals surface area contributed by atoms with E-state index in [0.29, 0.717) is 24.3 Å². The highest BCUT2D eigenvalue weighted by Crippen LogP contribution is 2.33. The molecule has 0 amide bonds. The van der Waals surface area contributed by atoms with Crippen LogP contribution in [0.3, 0.4) is 0 Å². The van der Waals surface area contributed by atoms with Gasteiger partial charge in [0.05, 0.1) is 7.11 Å². The van der Waals surface area contributed by atoms with Crippen molar-refractivity contribution in [1.29, 1.82) is 0 Å². The zero-order valence-electron chi connectivity index (χ0n) is 9.73. The summed E-state index contributed by atoms with van der Waals surface area (Å²) in [5, 5.41) is 3.28. The zero-order chi connectivity index (χ0) is 11.5. The average Bonchev–Trinajstić information content (AvgIpc) is 3.09. The number of hydrogen-bond acceptors (Lipinski definition) is 5. The number of aryl methyl sites for hydroxylation is 1. The number of nitrogens with one attached hydrogen (secondary N) is 1.